The lowest BCUT2D eigenvalue weighted by atomic mass is 10.0. The summed E-state index contributed by atoms with van der Waals surface area (Å²) >= 11 is 0. The first-order valence-electron chi connectivity index (χ1n) is 11.7. The van der Waals surface area contributed by atoms with Gasteiger partial charge in [-0.3, -0.25) is 4.79 Å². The first kappa shape index (κ1) is 24.2. The zero-order valence-electron chi connectivity index (χ0n) is 20.3. The van der Waals surface area contributed by atoms with Crippen LogP contribution in [-0.4, -0.2) is 52.8 Å². The fraction of sp³-hybridized carbons (Fsp3) is 0.179. The number of hydrogen-bond donors (Lipinski definition) is 3. The molecule has 0 aliphatic rings. The molecule has 5 rings (SSSR count). The molecule has 0 fully saturated rings. The van der Waals surface area contributed by atoms with Crippen LogP contribution < -0.4 is 14.8 Å². The number of fused-ring (bicyclic) bond motifs is 2. The number of aliphatic hydroxyl groups is 1. The number of carbonyl (C=O) groups is 1. The van der Waals surface area contributed by atoms with Gasteiger partial charge in [0.1, 0.15) is 11.4 Å². The van der Waals surface area contributed by atoms with Crippen molar-refractivity contribution in [2.75, 3.05) is 20.8 Å². The van der Waals surface area contributed by atoms with Crippen molar-refractivity contribution < 1.29 is 23.8 Å². The normalized spacial score (nSPS) is 12.0. The minimum absolute atomic E-state index is 0.0903. The van der Waals surface area contributed by atoms with Gasteiger partial charge in [0.15, 0.2) is 17.4 Å². The average Bonchev–Trinajstić information content (AvgIpc) is 3.34. The highest BCUT2D eigenvalue weighted by atomic mass is 19.1. The highest BCUT2D eigenvalue weighted by Crippen LogP contribution is 2.28. The molecule has 0 spiro atoms. The summed E-state index contributed by atoms with van der Waals surface area (Å²) in [5, 5.41) is 14.5. The molecule has 3 N–H and O–H groups in total. The maximum Gasteiger partial charge on any atom is 0.270 e. The van der Waals surface area contributed by atoms with Gasteiger partial charge in [-0.25, -0.2) is 14.4 Å². The minimum Gasteiger partial charge on any atom is -0.497 e. The molecule has 2 aromatic heterocycles. The Balaban J connectivity index is 1.51. The first-order chi connectivity index (χ1) is 18.0. The minimum atomic E-state index is -0.566. The number of para-hydroxylation sites is 1. The number of aliphatic hydroxyl groups excluding tert-OH is 1. The lowest BCUT2D eigenvalue weighted by Crippen LogP contribution is -2.39. The van der Waals surface area contributed by atoms with Gasteiger partial charge in [0.25, 0.3) is 5.91 Å². The molecule has 2 heterocycles. The summed E-state index contributed by atoms with van der Waals surface area (Å²) in [7, 11) is 2.91. The summed E-state index contributed by atoms with van der Waals surface area (Å²) in [6.45, 7) is -0.270. The van der Waals surface area contributed by atoms with Gasteiger partial charge in [-0.2, -0.15) is 0 Å². The van der Waals surface area contributed by atoms with Crippen LogP contribution in [0.15, 0.2) is 66.9 Å². The molecule has 3 aromatic carbocycles. The Bertz CT molecular complexity index is 1600. The summed E-state index contributed by atoms with van der Waals surface area (Å²) in [6, 6.07) is 16.8. The number of aromatic nitrogens is 3. The van der Waals surface area contributed by atoms with Gasteiger partial charge in [0.2, 0.25) is 0 Å². The average molecular weight is 501 g/mol. The second kappa shape index (κ2) is 10.2. The van der Waals surface area contributed by atoms with Gasteiger partial charge in [0, 0.05) is 28.0 Å². The number of methoxy groups -OCH3 is 2. The van der Waals surface area contributed by atoms with Crippen molar-refractivity contribution in [3.8, 4) is 22.9 Å². The number of hydrogen-bond acceptors (Lipinski definition) is 6. The van der Waals surface area contributed by atoms with Crippen molar-refractivity contribution in [2.24, 2.45) is 0 Å². The van der Waals surface area contributed by atoms with Gasteiger partial charge in [-0.05, 0) is 54.4 Å². The highest BCUT2D eigenvalue weighted by molar-refractivity contribution is 6.05. The molecule has 1 amide bonds. The molecule has 0 aliphatic heterocycles. The maximum atomic E-state index is 14.4. The summed E-state index contributed by atoms with van der Waals surface area (Å²) in [5.41, 5.74) is 2.92. The predicted molar refractivity (Wildman–Crippen MR) is 138 cm³/mol. The number of nitrogens with zero attached hydrogens (tertiary/aromatic N) is 2. The number of rotatable bonds is 8. The molecule has 0 saturated carbocycles. The lowest BCUT2D eigenvalue weighted by Gasteiger charge is -2.17. The van der Waals surface area contributed by atoms with Gasteiger partial charge < -0.3 is 24.9 Å². The molecule has 37 heavy (non-hydrogen) atoms. The third-order valence-corrected chi connectivity index (χ3v) is 6.22. The number of benzene rings is 3. The highest BCUT2D eigenvalue weighted by Gasteiger charge is 2.21. The topological polar surface area (TPSA) is 109 Å². The van der Waals surface area contributed by atoms with E-state index < -0.39 is 17.8 Å². The molecular weight excluding hydrogens is 475 g/mol. The number of nitrogens with one attached hydrogen (secondary N) is 2. The van der Waals surface area contributed by atoms with E-state index in [-0.39, 0.29) is 23.9 Å². The van der Waals surface area contributed by atoms with Crippen LogP contribution in [0.4, 0.5) is 4.39 Å². The van der Waals surface area contributed by atoms with E-state index in [4.69, 9.17) is 9.47 Å². The fourth-order valence-electron chi connectivity index (χ4n) is 4.32. The van der Waals surface area contributed by atoms with Crippen LogP contribution >= 0.6 is 0 Å². The van der Waals surface area contributed by atoms with Crippen LogP contribution in [0.3, 0.4) is 0 Å². The second-order valence-electron chi connectivity index (χ2n) is 8.54. The molecule has 188 valence electrons. The Morgan fingerprint density at radius 2 is 1.89 bits per heavy atom. The largest absolute Gasteiger partial charge is 0.497 e. The Morgan fingerprint density at radius 1 is 1.05 bits per heavy atom. The predicted octanol–water partition coefficient (Wildman–Crippen LogP) is 4.27. The quantitative estimate of drug-likeness (QED) is 0.294. The Morgan fingerprint density at radius 3 is 2.65 bits per heavy atom. The lowest BCUT2D eigenvalue weighted by molar-refractivity contribution is 0.0913. The maximum absolute atomic E-state index is 14.4. The number of H-pyrrole nitrogens is 1. The summed E-state index contributed by atoms with van der Waals surface area (Å²) in [6.07, 6.45) is 2.29. The van der Waals surface area contributed by atoms with E-state index in [2.05, 4.69) is 20.3 Å². The SMILES string of the molecule is COc1ccc2nc(-c3ccc(OC)c(F)c3)nc(C(=O)N[C@@H](CO)Cc3c[nH]c4ccccc34)c2c1. The van der Waals surface area contributed by atoms with Crippen molar-refractivity contribution in [1.82, 2.24) is 20.3 Å². The molecule has 0 saturated heterocycles. The smallest absolute Gasteiger partial charge is 0.270 e. The Kier molecular flexibility index (Phi) is 6.70. The number of aromatic amines is 1. The van der Waals surface area contributed by atoms with Crippen molar-refractivity contribution >= 4 is 27.7 Å². The number of ether oxygens (including phenoxy) is 2. The van der Waals surface area contributed by atoms with Gasteiger partial charge in [0.05, 0.1) is 32.4 Å². The molecular formula is C28H25FN4O4. The van der Waals surface area contributed by atoms with E-state index >= 15 is 0 Å². The van der Waals surface area contributed by atoms with E-state index in [1.807, 2.05) is 30.5 Å². The van der Waals surface area contributed by atoms with Crippen molar-refractivity contribution in [1.29, 1.82) is 0 Å². The molecule has 0 radical (unpaired) electrons. The van der Waals surface area contributed by atoms with Gasteiger partial charge >= 0.3 is 0 Å². The second-order valence-corrected chi connectivity index (χ2v) is 8.54. The summed E-state index contributed by atoms with van der Waals surface area (Å²) < 4.78 is 24.7. The Labute approximate surface area is 212 Å². The first-order valence-corrected chi connectivity index (χ1v) is 11.7. The summed E-state index contributed by atoms with van der Waals surface area (Å²) in [5.74, 6) is -0.249. The number of carbonyl (C=O) groups excluding carboxylic acids is 1. The van der Waals surface area contributed by atoms with E-state index in [1.165, 1.54) is 26.4 Å². The third kappa shape index (κ3) is 4.81. The van der Waals surface area contributed by atoms with E-state index in [9.17, 15) is 14.3 Å². The van der Waals surface area contributed by atoms with Crippen molar-refractivity contribution in [3.05, 3.63) is 83.9 Å². The standard InChI is InChI=1S/C28H25FN4O4/c1-36-19-8-9-24-21(13-19)26(33-27(32-24)16-7-10-25(37-2)22(29)12-16)28(35)31-18(15-34)11-17-14-30-23-6-4-3-5-20(17)23/h3-10,12-14,18,30,34H,11,15H2,1-2H3,(H,31,35)/t18-/m1/s1. The molecule has 0 aliphatic carbocycles. The zero-order chi connectivity index (χ0) is 25.9. The van der Waals surface area contributed by atoms with Crippen molar-refractivity contribution in [3.63, 3.8) is 0 Å². The van der Waals surface area contributed by atoms with Crippen LogP contribution in [0, 0.1) is 5.82 Å². The number of amides is 1. The van der Waals surface area contributed by atoms with E-state index in [0.29, 0.717) is 28.6 Å². The van der Waals surface area contributed by atoms with E-state index in [0.717, 1.165) is 16.5 Å². The molecule has 8 nitrogen and oxygen atoms in total. The van der Waals surface area contributed by atoms with Crippen LogP contribution in [0.2, 0.25) is 0 Å². The van der Waals surface area contributed by atoms with Gasteiger partial charge in [-0.15, -0.1) is 0 Å². The third-order valence-electron chi connectivity index (χ3n) is 6.22. The molecule has 1 atom stereocenters. The van der Waals surface area contributed by atoms with Gasteiger partial charge in [-0.1, -0.05) is 18.2 Å². The molecule has 0 bridgehead atoms. The van der Waals surface area contributed by atoms with Crippen LogP contribution in [0.5, 0.6) is 11.5 Å². The fourth-order valence-corrected chi connectivity index (χ4v) is 4.32. The monoisotopic (exact) mass is 500 g/mol. The number of halogens is 1. The van der Waals surface area contributed by atoms with Crippen LogP contribution in [-0.2, 0) is 6.42 Å². The van der Waals surface area contributed by atoms with E-state index in [1.54, 1.807) is 24.3 Å². The molecule has 9 heteroatoms. The molecule has 5 aromatic rings. The summed E-state index contributed by atoms with van der Waals surface area (Å²) in [4.78, 5) is 25.8. The zero-order valence-corrected chi connectivity index (χ0v) is 20.3. The Hall–Kier alpha value is -4.50. The van der Waals surface area contributed by atoms with Crippen molar-refractivity contribution in [2.45, 2.75) is 12.5 Å². The van der Waals surface area contributed by atoms with Crippen LogP contribution in [0.1, 0.15) is 16.1 Å². The van der Waals surface area contributed by atoms with Crippen LogP contribution in [0.25, 0.3) is 33.2 Å². The molecule has 0 unspecified atom stereocenters.